The van der Waals surface area contributed by atoms with Crippen molar-refractivity contribution in [2.45, 2.75) is 18.8 Å². The van der Waals surface area contributed by atoms with E-state index in [1.807, 2.05) is 11.9 Å². The zero-order valence-electron chi connectivity index (χ0n) is 8.67. The molecular weight excluding hydrogens is 315 g/mol. The van der Waals surface area contributed by atoms with Gasteiger partial charge in [0.05, 0.1) is 6.54 Å². The fourth-order valence-electron chi connectivity index (χ4n) is 1.89. The van der Waals surface area contributed by atoms with Gasteiger partial charge in [0, 0.05) is 33.0 Å². The van der Waals surface area contributed by atoms with E-state index in [4.69, 9.17) is 0 Å². The summed E-state index contributed by atoms with van der Waals surface area (Å²) < 4.78 is 25.0. The molecule has 1 saturated carbocycles. The number of alkyl halides is 2. The molecule has 0 unspecified atom stereocenters. The Morgan fingerprint density at radius 3 is 2.67 bits per heavy atom. The minimum absolute atomic E-state index is 0. The van der Waals surface area contributed by atoms with Crippen molar-refractivity contribution in [3.8, 4) is 0 Å². The van der Waals surface area contributed by atoms with Gasteiger partial charge in [-0.25, -0.2) is 8.78 Å². The Bertz CT molecular complexity index is 250. The Balaban J connectivity index is 0.00000112. The summed E-state index contributed by atoms with van der Waals surface area (Å²) in [5.41, 5.74) is 0. The molecular formula is C9H16F2IN3. The van der Waals surface area contributed by atoms with Gasteiger partial charge in [-0.05, 0) is 5.92 Å². The van der Waals surface area contributed by atoms with Crippen LogP contribution in [0.4, 0.5) is 8.78 Å². The lowest BCUT2D eigenvalue weighted by atomic mass is 9.81. The van der Waals surface area contributed by atoms with E-state index in [0.29, 0.717) is 6.54 Å². The van der Waals surface area contributed by atoms with E-state index in [0.717, 1.165) is 19.0 Å². The van der Waals surface area contributed by atoms with Gasteiger partial charge in [-0.15, -0.1) is 24.0 Å². The number of aliphatic imine (C=N–C) groups is 1. The second-order valence-electron chi connectivity index (χ2n) is 4.14. The number of likely N-dealkylation sites (N-methyl/N-ethyl adjacent to an activating group) is 1. The second kappa shape index (κ2) is 4.80. The zero-order valence-corrected chi connectivity index (χ0v) is 11.0. The molecule has 2 aliphatic rings. The molecule has 1 aliphatic heterocycles. The lowest BCUT2D eigenvalue weighted by molar-refractivity contribution is -0.108. The van der Waals surface area contributed by atoms with Gasteiger partial charge < -0.3 is 10.2 Å². The molecule has 0 amide bonds. The molecule has 1 N–H and O–H groups in total. The Morgan fingerprint density at radius 2 is 2.20 bits per heavy atom. The maximum absolute atomic E-state index is 12.5. The predicted octanol–water partition coefficient (Wildman–Crippen LogP) is 1.54. The summed E-state index contributed by atoms with van der Waals surface area (Å²) in [6, 6.07) is 0. The van der Waals surface area contributed by atoms with E-state index in [-0.39, 0.29) is 42.7 Å². The Kier molecular flexibility index (Phi) is 4.13. The number of rotatable bonds is 2. The second-order valence-corrected chi connectivity index (χ2v) is 4.14. The van der Waals surface area contributed by atoms with Crippen LogP contribution in [-0.4, -0.2) is 43.5 Å². The van der Waals surface area contributed by atoms with Crippen molar-refractivity contribution in [2.75, 3.05) is 26.7 Å². The van der Waals surface area contributed by atoms with Crippen LogP contribution < -0.4 is 5.32 Å². The molecule has 6 heteroatoms. The van der Waals surface area contributed by atoms with Crippen LogP contribution in [0.25, 0.3) is 0 Å². The highest BCUT2D eigenvalue weighted by Crippen LogP contribution is 2.41. The summed E-state index contributed by atoms with van der Waals surface area (Å²) >= 11 is 0. The van der Waals surface area contributed by atoms with Crippen LogP contribution in [0.15, 0.2) is 4.99 Å². The van der Waals surface area contributed by atoms with Crippen LogP contribution in [0, 0.1) is 5.92 Å². The summed E-state index contributed by atoms with van der Waals surface area (Å²) in [5, 5.41) is 3.11. The van der Waals surface area contributed by atoms with Gasteiger partial charge in [-0.2, -0.15) is 0 Å². The zero-order chi connectivity index (χ0) is 10.2. The quantitative estimate of drug-likeness (QED) is 0.778. The highest BCUT2D eigenvalue weighted by atomic mass is 127. The van der Waals surface area contributed by atoms with E-state index < -0.39 is 5.92 Å². The molecule has 15 heavy (non-hydrogen) atoms. The van der Waals surface area contributed by atoms with Crippen LogP contribution in [0.3, 0.4) is 0 Å². The Labute approximate surface area is 105 Å². The highest BCUT2D eigenvalue weighted by molar-refractivity contribution is 14.0. The van der Waals surface area contributed by atoms with Crippen molar-refractivity contribution in [2.24, 2.45) is 10.9 Å². The molecule has 3 nitrogen and oxygen atoms in total. The molecule has 0 aromatic carbocycles. The predicted molar refractivity (Wildman–Crippen MR) is 66.0 cm³/mol. The van der Waals surface area contributed by atoms with Gasteiger partial charge in [0.1, 0.15) is 0 Å². The van der Waals surface area contributed by atoms with E-state index in [1.165, 1.54) is 0 Å². The molecule has 0 bridgehead atoms. The van der Waals surface area contributed by atoms with E-state index in [2.05, 4.69) is 10.3 Å². The Morgan fingerprint density at radius 1 is 1.53 bits per heavy atom. The molecule has 0 aromatic heterocycles. The molecule has 1 aliphatic carbocycles. The number of hydrogen-bond acceptors (Lipinski definition) is 3. The molecule has 0 atom stereocenters. The van der Waals surface area contributed by atoms with Crippen molar-refractivity contribution in [1.29, 1.82) is 0 Å². The van der Waals surface area contributed by atoms with Gasteiger partial charge in [0.25, 0.3) is 0 Å². The maximum atomic E-state index is 12.5. The average molecular weight is 331 g/mol. The lowest BCUT2D eigenvalue weighted by Gasteiger charge is -2.35. The number of nitrogens with one attached hydrogen (secondary N) is 1. The number of nitrogens with zero attached hydrogens (tertiary/aromatic N) is 2. The first kappa shape index (κ1) is 12.9. The normalized spacial score (nSPS) is 24.2. The first-order valence-electron chi connectivity index (χ1n) is 4.94. The Hall–Kier alpha value is -0.140. The molecule has 0 spiro atoms. The van der Waals surface area contributed by atoms with Gasteiger partial charge in [0.2, 0.25) is 5.92 Å². The minimum atomic E-state index is -2.41. The average Bonchev–Trinajstić information content (AvgIpc) is 2.44. The number of hydrogen-bond donors (Lipinski definition) is 1. The molecule has 88 valence electrons. The molecule has 0 radical (unpaired) electrons. The topological polar surface area (TPSA) is 27.6 Å². The largest absolute Gasteiger partial charge is 0.356 e. The van der Waals surface area contributed by atoms with Crippen molar-refractivity contribution < 1.29 is 8.78 Å². The molecule has 1 fully saturated rings. The standard InChI is InChI=1S/C9H15F2N3.HI/c1-14-3-2-12-8(14)13-6-7-4-9(10,11)5-7;/h7H,2-6H2,1H3,(H,12,13);1H. The number of halogens is 3. The summed E-state index contributed by atoms with van der Waals surface area (Å²) in [5.74, 6) is -1.45. The fraction of sp³-hybridized carbons (Fsp3) is 0.889. The van der Waals surface area contributed by atoms with Crippen molar-refractivity contribution in [3.63, 3.8) is 0 Å². The first-order chi connectivity index (χ1) is 6.57. The molecule has 1 heterocycles. The highest BCUT2D eigenvalue weighted by Gasteiger charge is 2.44. The van der Waals surface area contributed by atoms with Crippen LogP contribution in [0.2, 0.25) is 0 Å². The lowest BCUT2D eigenvalue weighted by Crippen LogP contribution is -2.45. The van der Waals surface area contributed by atoms with Crippen LogP contribution in [0.1, 0.15) is 12.8 Å². The van der Waals surface area contributed by atoms with Crippen molar-refractivity contribution >= 4 is 29.9 Å². The smallest absolute Gasteiger partial charge is 0.248 e. The summed E-state index contributed by atoms with van der Waals surface area (Å²) in [4.78, 5) is 6.24. The van der Waals surface area contributed by atoms with Crippen LogP contribution in [-0.2, 0) is 0 Å². The summed E-state index contributed by atoms with van der Waals surface area (Å²) in [6.07, 6.45) is 0.0496. The van der Waals surface area contributed by atoms with Crippen LogP contribution in [0.5, 0.6) is 0 Å². The first-order valence-corrected chi connectivity index (χ1v) is 4.94. The maximum Gasteiger partial charge on any atom is 0.248 e. The van der Waals surface area contributed by atoms with E-state index >= 15 is 0 Å². The minimum Gasteiger partial charge on any atom is -0.356 e. The molecule has 2 rings (SSSR count). The molecule has 0 saturated heterocycles. The third-order valence-corrected chi connectivity index (χ3v) is 2.78. The monoisotopic (exact) mass is 331 g/mol. The third-order valence-electron chi connectivity index (χ3n) is 2.78. The van der Waals surface area contributed by atoms with Crippen LogP contribution >= 0.6 is 24.0 Å². The summed E-state index contributed by atoms with van der Waals surface area (Å²) in [6.45, 7) is 2.35. The van der Waals surface area contributed by atoms with Gasteiger partial charge in [0.15, 0.2) is 5.96 Å². The SMILES string of the molecule is CN1CCN=C1NCC1CC(F)(F)C1.I. The summed E-state index contributed by atoms with van der Waals surface area (Å²) in [7, 11) is 1.95. The van der Waals surface area contributed by atoms with Crippen molar-refractivity contribution in [1.82, 2.24) is 10.2 Å². The molecule has 0 aromatic rings. The van der Waals surface area contributed by atoms with Gasteiger partial charge in [-0.1, -0.05) is 0 Å². The van der Waals surface area contributed by atoms with Gasteiger partial charge in [-0.3, -0.25) is 4.99 Å². The van der Waals surface area contributed by atoms with E-state index in [1.54, 1.807) is 0 Å². The fourth-order valence-corrected chi connectivity index (χ4v) is 1.89. The number of guanidine groups is 1. The third kappa shape index (κ3) is 3.15. The van der Waals surface area contributed by atoms with Gasteiger partial charge >= 0.3 is 0 Å². The van der Waals surface area contributed by atoms with Crippen molar-refractivity contribution in [3.05, 3.63) is 0 Å². The van der Waals surface area contributed by atoms with E-state index in [9.17, 15) is 8.78 Å².